The quantitative estimate of drug-likeness (QED) is 0.859. The monoisotopic (exact) mass is 294 g/mol. The van der Waals surface area contributed by atoms with Crippen LogP contribution in [0.1, 0.15) is 0 Å². The maximum atomic E-state index is 8.59. The van der Waals surface area contributed by atoms with E-state index >= 15 is 0 Å². The van der Waals surface area contributed by atoms with E-state index in [2.05, 4.69) is 22.6 Å². The molecule has 0 saturated heterocycles. The maximum Gasteiger partial charge on any atom is 0.136 e. The lowest BCUT2D eigenvalue weighted by atomic mass is 10.3. The van der Waals surface area contributed by atoms with Gasteiger partial charge in [0.1, 0.15) is 18.1 Å². The summed E-state index contributed by atoms with van der Waals surface area (Å²) in [6, 6.07) is 5.58. The Morgan fingerprint density at radius 1 is 1.46 bits per heavy atom. The fourth-order valence-electron chi connectivity index (χ4n) is 0.877. The van der Waals surface area contributed by atoms with Crippen LogP contribution in [0.25, 0.3) is 0 Å². The standard InChI is InChI=1S/C9H11IO3/c1-12-7-2-3-8(10)9(6-7)13-5-4-11/h2-3,6,11H,4-5H2,1H3. The van der Waals surface area contributed by atoms with Gasteiger partial charge in [-0.05, 0) is 34.7 Å². The van der Waals surface area contributed by atoms with Crippen LogP contribution in [0.2, 0.25) is 0 Å². The van der Waals surface area contributed by atoms with Gasteiger partial charge in [-0.1, -0.05) is 0 Å². The summed E-state index contributed by atoms with van der Waals surface area (Å²) < 4.78 is 11.3. The van der Waals surface area contributed by atoms with Crippen molar-refractivity contribution < 1.29 is 14.6 Å². The third-order valence-corrected chi connectivity index (χ3v) is 2.38. The molecule has 0 aromatic heterocycles. The number of rotatable bonds is 4. The molecule has 1 aromatic carbocycles. The highest BCUT2D eigenvalue weighted by Gasteiger charge is 2.02. The van der Waals surface area contributed by atoms with E-state index in [9.17, 15) is 0 Å². The minimum absolute atomic E-state index is 0.0211. The van der Waals surface area contributed by atoms with Crippen LogP contribution in [0.4, 0.5) is 0 Å². The number of methoxy groups -OCH3 is 1. The molecule has 0 aliphatic carbocycles. The van der Waals surface area contributed by atoms with Gasteiger partial charge in [0.15, 0.2) is 0 Å². The number of halogens is 1. The normalized spacial score (nSPS) is 9.77. The Hall–Kier alpha value is -0.490. The van der Waals surface area contributed by atoms with E-state index in [1.54, 1.807) is 13.2 Å². The molecular formula is C9H11IO3. The van der Waals surface area contributed by atoms with E-state index in [-0.39, 0.29) is 6.61 Å². The summed E-state index contributed by atoms with van der Waals surface area (Å²) in [6.07, 6.45) is 0. The summed E-state index contributed by atoms with van der Waals surface area (Å²) in [6.45, 7) is 0.330. The molecule has 4 heteroatoms. The fourth-order valence-corrected chi connectivity index (χ4v) is 1.37. The highest BCUT2D eigenvalue weighted by Crippen LogP contribution is 2.25. The molecule has 0 heterocycles. The van der Waals surface area contributed by atoms with Gasteiger partial charge in [0, 0.05) is 6.07 Å². The second kappa shape index (κ2) is 5.29. The van der Waals surface area contributed by atoms with Crippen LogP contribution < -0.4 is 9.47 Å². The third kappa shape index (κ3) is 3.04. The zero-order chi connectivity index (χ0) is 9.68. The molecule has 0 unspecified atom stereocenters. The van der Waals surface area contributed by atoms with E-state index in [1.807, 2.05) is 12.1 Å². The predicted molar refractivity (Wildman–Crippen MR) is 58.3 cm³/mol. The second-order valence-corrected chi connectivity index (χ2v) is 3.53. The molecular weight excluding hydrogens is 283 g/mol. The molecule has 1 aromatic rings. The molecule has 13 heavy (non-hydrogen) atoms. The summed E-state index contributed by atoms with van der Waals surface area (Å²) in [5.41, 5.74) is 0. The lowest BCUT2D eigenvalue weighted by Gasteiger charge is -2.08. The Morgan fingerprint density at radius 3 is 2.85 bits per heavy atom. The lowest BCUT2D eigenvalue weighted by molar-refractivity contribution is 0.200. The molecule has 0 aliphatic rings. The van der Waals surface area contributed by atoms with Crippen molar-refractivity contribution in [2.45, 2.75) is 0 Å². The summed E-state index contributed by atoms with van der Waals surface area (Å²) in [4.78, 5) is 0. The Bertz CT molecular complexity index is 276. The van der Waals surface area contributed by atoms with Gasteiger partial charge in [-0.25, -0.2) is 0 Å². The van der Waals surface area contributed by atoms with Crippen molar-refractivity contribution in [3.8, 4) is 11.5 Å². The topological polar surface area (TPSA) is 38.7 Å². The van der Waals surface area contributed by atoms with E-state index in [1.165, 1.54) is 0 Å². The van der Waals surface area contributed by atoms with Gasteiger partial charge in [-0.3, -0.25) is 0 Å². The average molecular weight is 294 g/mol. The lowest BCUT2D eigenvalue weighted by Crippen LogP contribution is -2.02. The minimum Gasteiger partial charge on any atom is -0.497 e. The molecule has 3 nitrogen and oxygen atoms in total. The van der Waals surface area contributed by atoms with Crippen LogP contribution in [-0.2, 0) is 0 Å². The molecule has 0 bridgehead atoms. The number of benzene rings is 1. The first-order valence-corrected chi connectivity index (χ1v) is 4.93. The molecule has 0 amide bonds. The fraction of sp³-hybridized carbons (Fsp3) is 0.333. The van der Waals surface area contributed by atoms with Crippen LogP contribution in [0, 0.1) is 3.57 Å². The van der Waals surface area contributed by atoms with Gasteiger partial charge in [0.25, 0.3) is 0 Å². The van der Waals surface area contributed by atoms with Crippen LogP contribution in [0.5, 0.6) is 11.5 Å². The van der Waals surface area contributed by atoms with Crippen molar-refractivity contribution in [1.82, 2.24) is 0 Å². The van der Waals surface area contributed by atoms with Crippen molar-refractivity contribution >= 4 is 22.6 Å². The van der Waals surface area contributed by atoms with Crippen LogP contribution in [0.15, 0.2) is 18.2 Å². The van der Waals surface area contributed by atoms with Crippen molar-refractivity contribution in [3.05, 3.63) is 21.8 Å². The van der Waals surface area contributed by atoms with Gasteiger partial charge < -0.3 is 14.6 Å². The van der Waals surface area contributed by atoms with Gasteiger partial charge in [-0.15, -0.1) is 0 Å². The maximum absolute atomic E-state index is 8.59. The van der Waals surface area contributed by atoms with Crippen molar-refractivity contribution in [1.29, 1.82) is 0 Å². The molecule has 0 saturated carbocycles. The molecule has 0 radical (unpaired) electrons. The highest BCUT2D eigenvalue weighted by atomic mass is 127. The Morgan fingerprint density at radius 2 is 2.23 bits per heavy atom. The first-order valence-electron chi connectivity index (χ1n) is 3.85. The molecule has 0 aliphatic heterocycles. The minimum atomic E-state index is 0.0211. The second-order valence-electron chi connectivity index (χ2n) is 2.37. The largest absolute Gasteiger partial charge is 0.497 e. The number of hydrogen-bond donors (Lipinski definition) is 1. The van der Waals surface area contributed by atoms with Crippen LogP contribution >= 0.6 is 22.6 Å². The Balaban J connectivity index is 2.78. The molecule has 0 fully saturated rings. The zero-order valence-electron chi connectivity index (χ0n) is 7.29. The summed E-state index contributed by atoms with van der Waals surface area (Å²) in [7, 11) is 1.61. The van der Waals surface area contributed by atoms with Crippen molar-refractivity contribution in [2.24, 2.45) is 0 Å². The van der Waals surface area contributed by atoms with E-state index in [0.717, 1.165) is 15.1 Å². The molecule has 0 spiro atoms. The molecule has 1 rings (SSSR count). The third-order valence-electron chi connectivity index (χ3n) is 1.49. The van der Waals surface area contributed by atoms with Gasteiger partial charge in [0.05, 0.1) is 17.3 Å². The van der Waals surface area contributed by atoms with Crippen molar-refractivity contribution in [3.63, 3.8) is 0 Å². The highest BCUT2D eigenvalue weighted by molar-refractivity contribution is 14.1. The number of ether oxygens (including phenoxy) is 2. The van der Waals surface area contributed by atoms with E-state index in [0.29, 0.717) is 6.61 Å². The summed E-state index contributed by atoms with van der Waals surface area (Å²) in [5.74, 6) is 1.50. The van der Waals surface area contributed by atoms with Gasteiger partial charge >= 0.3 is 0 Å². The predicted octanol–water partition coefficient (Wildman–Crippen LogP) is 1.67. The van der Waals surface area contributed by atoms with E-state index < -0.39 is 0 Å². The van der Waals surface area contributed by atoms with E-state index in [4.69, 9.17) is 14.6 Å². The number of hydrogen-bond acceptors (Lipinski definition) is 3. The zero-order valence-corrected chi connectivity index (χ0v) is 9.45. The molecule has 0 atom stereocenters. The SMILES string of the molecule is COc1ccc(I)c(OCCO)c1. The van der Waals surface area contributed by atoms with Crippen LogP contribution in [-0.4, -0.2) is 25.4 Å². The Kier molecular flexibility index (Phi) is 4.31. The summed E-state index contributed by atoms with van der Waals surface area (Å²) >= 11 is 2.17. The average Bonchev–Trinajstić information content (AvgIpc) is 2.17. The van der Waals surface area contributed by atoms with Crippen LogP contribution in [0.3, 0.4) is 0 Å². The Labute approximate surface area is 90.8 Å². The first kappa shape index (κ1) is 10.6. The number of aliphatic hydroxyl groups is 1. The van der Waals surface area contributed by atoms with Gasteiger partial charge in [0.2, 0.25) is 0 Å². The van der Waals surface area contributed by atoms with Crippen molar-refractivity contribution in [2.75, 3.05) is 20.3 Å². The first-order chi connectivity index (χ1) is 6.27. The molecule has 1 N–H and O–H groups in total. The molecule has 72 valence electrons. The number of aliphatic hydroxyl groups excluding tert-OH is 1. The smallest absolute Gasteiger partial charge is 0.136 e. The summed E-state index contributed by atoms with van der Waals surface area (Å²) in [5, 5.41) is 8.59. The van der Waals surface area contributed by atoms with Gasteiger partial charge in [-0.2, -0.15) is 0 Å².